The summed E-state index contributed by atoms with van der Waals surface area (Å²) in [6, 6.07) is 15.8. The number of anilines is 1. The smallest absolute Gasteiger partial charge is 0.133 e. The lowest BCUT2D eigenvalue weighted by Gasteiger charge is -2.43. The summed E-state index contributed by atoms with van der Waals surface area (Å²) in [7, 11) is 0. The molecule has 0 aliphatic carbocycles. The van der Waals surface area contributed by atoms with Gasteiger partial charge in [-0.25, -0.2) is 9.37 Å². The first-order valence-electron chi connectivity index (χ1n) is 8.54. The number of nitriles is 1. The summed E-state index contributed by atoms with van der Waals surface area (Å²) in [6.07, 6.45) is 2.36. The second kappa shape index (κ2) is 5.27. The average Bonchev–Trinajstić information content (AvgIpc) is 3.29. The van der Waals surface area contributed by atoms with E-state index in [1.54, 1.807) is 17.4 Å². The van der Waals surface area contributed by atoms with Gasteiger partial charge in [-0.3, -0.25) is 0 Å². The first-order valence-corrected chi connectivity index (χ1v) is 9.36. The fourth-order valence-electron chi connectivity index (χ4n) is 4.40. The van der Waals surface area contributed by atoms with E-state index >= 15 is 0 Å². The first kappa shape index (κ1) is 14.9. The Labute approximate surface area is 149 Å². The monoisotopic (exact) mass is 349 g/mol. The molecule has 5 heteroatoms. The van der Waals surface area contributed by atoms with Gasteiger partial charge in [-0.05, 0) is 37.1 Å². The summed E-state index contributed by atoms with van der Waals surface area (Å²) >= 11 is 1.57. The lowest BCUT2D eigenvalue weighted by Crippen LogP contribution is -2.52. The highest BCUT2D eigenvalue weighted by atomic mass is 32.1. The molecule has 2 unspecified atom stereocenters. The van der Waals surface area contributed by atoms with Gasteiger partial charge >= 0.3 is 0 Å². The molecule has 0 amide bonds. The van der Waals surface area contributed by atoms with Gasteiger partial charge in [0.15, 0.2) is 0 Å². The Morgan fingerprint density at radius 1 is 1.24 bits per heavy atom. The minimum atomic E-state index is -0.782. The van der Waals surface area contributed by atoms with Crippen LogP contribution in [0.15, 0.2) is 42.5 Å². The van der Waals surface area contributed by atoms with Crippen LogP contribution in [0, 0.1) is 17.1 Å². The van der Waals surface area contributed by atoms with Gasteiger partial charge in [0.2, 0.25) is 0 Å². The molecule has 3 heterocycles. The van der Waals surface area contributed by atoms with Crippen molar-refractivity contribution < 1.29 is 4.39 Å². The van der Waals surface area contributed by atoms with E-state index in [0.717, 1.165) is 40.3 Å². The quantitative estimate of drug-likeness (QED) is 0.653. The van der Waals surface area contributed by atoms with Gasteiger partial charge in [-0.15, -0.1) is 11.3 Å². The van der Waals surface area contributed by atoms with E-state index in [1.807, 2.05) is 30.3 Å². The maximum absolute atomic E-state index is 14.6. The van der Waals surface area contributed by atoms with E-state index in [1.165, 1.54) is 6.07 Å². The van der Waals surface area contributed by atoms with Crippen LogP contribution in [0.4, 0.5) is 10.1 Å². The summed E-state index contributed by atoms with van der Waals surface area (Å²) < 4.78 is 15.7. The fourth-order valence-corrected chi connectivity index (χ4v) is 5.55. The van der Waals surface area contributed by atoms with Crippen LogP contribution in [0.25, 0.3) is 10.2 Å². The third-order valence-corrected chi connectivity index (χ3v) is 6.77. The number of thiazole rings is 1. The minimum Gasteiger partial charge on any atom is -0.366 e. The number of aromatic nitrogens is 1. The second-order valence-corrected chi connectivity index (χ2v) is 7.87. The maximum atomic E-state index is 14.6. The van der Waals surface area contributed by atoms with Crippen LogP contribution in [-0.4, -0.2) is 17.6 Å². The minimum absolute atomic E-state index is 0.0624. The van der Waals surface area contributed by atoms with Gasteiger partial charge in [0.1, 0.15) is 16.2 Å². The molecule has 2 aliphatic heterocycles. The van der Waals surface area contributed by atoms with Gasteiger partial charge < -0.3 is 4.90 Å². The molecule has 0 N–H and O–H groups in total. The number of rotatable bonds is 1. The average molecular weight is 349 g/mol. The number of nitrogens with zero attached hydrogens (tertiary/aromatic N) is 3. The molecule has 1 aromatic heterocycles. The Balaban J connectivity index is 1.75. The van der Waals surface area contributed by atoms with Crippen molar-refractivity contribution in [3.8, 4) is 6.07 Å². The molecule has 3 nitrogen and oxygen atoms in total. The van der Waals surface area contributed by atoms with Crippen molar-refractivity contribution >= 4 is 27.2 Å². The normalized spacial score (nSPS) is 24.8. The first-order chi connectivity index (χ1) is 12.2. The van der Waals surface area contributed by atoms with Crippen molar-refractivity contribution in [2.24, 2.45) is 0 Å². The van der Waals surface area contributed by atoms with E-state index in [0.29, 0.717) is 12.0 Å². The second-order valence-electron chi connectivity index (χ2n) is 6.84. The van der Waals surface area contributed by atoms with Crippen molar-refractivity contribution in [2.75, 3.05) is 11.4 Å². The van der Waals surface area contributed by atoms with E-state index < -0.39 is 5.41 Å². The number of fused-ring (bicyclic) bond motifs is 4. The van der Waals surface area contributed by atoms with Crippen LogP contribution in [-0.2, 0) is 11.8 Å². The molecule has 1 saturated heterocycles. The highest BCUT2D eigenvalue weighted by Gasteiger charge is 2.52. The third-order valence-electron chi connectivity index (χ3n) is 5.56. The Morgan fingerprint density at radius 2 is 2.12 bits per heavy atom. The molecule has 0 saturated carbocycles. The molecule has 2 aliphatic rings. The molecule has 0 spiro atoms. The largest absolute Gasteiger partial charge is 0.366 e. The summed E-state index contributed by atoms with van der Waals surface area (Å²) in [4.78, 5) is 7.02. The summed E-state index contributed by atoms with van der Waals surface area (Å²) in [5.41, 5.74) is 1.74. The number of para-hydroxylation sites is 1. The topological polar surface area (TPSA) is 39.9 Å². The standard InChI is InChI=1S/C20H16FN3S/c21-14-5-3-7-16-13(14)11-20(12-22,18-9-4-10-24(16)18)19-23-15-6-1-2-8-17(15)25-19/h1-3,5-8,18H,4,9-11H2. The van der Waals surface area contributed by atoms with Gasteiger partial charge in [-0.2, -0.15) is 5.26 Å². The molecule has 1 fully saturated rings. The molecular formula is C20H16FN3S. The Bertz CT molecular complexity index is 988. The summed E-state index contributed by atoms with van der Waals surface area (Å²) in [5.74, 6) is -0.219. The Hall–Kier alpha value is -2.45. The zero-order valence-electron chi connectivity index (χ0n) is 13.6. The summed E-state index contributed by atoms with van der Waals surface area (Å²) in [6.45, 7) is 0.870. The SMILES string of the molecule is N#CC1(c2nc3ccccc3s2)Cc2c(F)cccc2N2CCCC21. The maximum Gasteiger partial charge on any atom is 0.133 e. The fraction of sp³-hybridized carbons (Fsp3) is 0.300. The third kappa shape index (κ3) is 1.98. The lowest BCUT2D eigenvalue weighted by molar-refractivity contribution is 0.400. The molecule has 2 atom stereocenters. The number of halogens is 1. The highest BCUT2D eigenvalue weighted by Crippen LogP contribution is 2.49. The molecule has 0 bridgehead atoms. The Kier molecular flexibility index (Phi) is 3.13. The van der Waals surface area contributed by atoms with Crippen LogP contribution in [0.5, 0.6) is 0 Å². The van der Waals surface area contributed by atoms with E-state index in [2.05, 4.69) is 11.0 Å². The predicted molar refractivity (Wildman–Crippen MR) is 97.4 cm³/mol. The molecule has 5 rings (SSSR count). The van der Waals surface area contributed by atoms with Crippen LogP contribution >= 0.6 is 11.3 Å². The van der Waals surface area contributed by atoms with Crippen molar-refractivity contribution in [3.05, 3.63) is 58.9 Å². The van der Waals surface area contributed by atoms with Crippen molar-refractivity contribution in [1.82, 2.24) is 4.98 Å². The van der Waals surface area contributed by atoms with E-state index in [-0.39, 0.29) is 11.9 Å². The van der Waals surface area contributed by atoms with Gasteiger partial charge in [0.25, 0.3) is 0 Å². The molecule has 0 radical (unpaired) electrons. The van der Waals surface area contributed by atoms with Gasteiger partial charge in [0, 0.05) is 24.2 Å². The molecule has 2 aromatic carbocycles. The van der Waals surface area contributed by atoms with E-state index in [4.69, 9.17) is 4.98 Å². The zero-order chi connectivity index (χ0) is 17.0. The number of hydrogen-bond acceptors (Lipinski definition) is 4. The van der Waals surface area contributed by atoms with Crippen LogP contribution in [0.3, 0.4) is 0 Å². The molecule has 124 valence electrons. The lowest BCUT2D eigenvalue weighted by atomic mass is 9.72. The summed E-state index contributed by atoms with van der Waals surface area (Å²) in [5, 5.41) is 11.1. The van der Waals surface area contributed by atoms with Crippen LogP contribution < -0.4 is 4.90 Å². The van der Waals surface area contributed by atoms with E-state index in [9.17, 15) is 9.65 Å². The van der Waals surface area contributed by atoms with Gasteiger partial charge in [-0.1, -0.05) is 18.2 Å². The Morgan fingerprint density at radius 3 is 2.96 bits per heavy atom. The number of hydrogen-bond donors (Lipinski definition) is 0. The van der Waals surface area contributed by atoms with Crippen LogP contribution in [0.2, 0.25) is 0 Å². The molecule has 3 aromatic rings. The van der Waals surface area contributed by atoms with Crippen molar-refractivity contribution in [3.63, 3.8) is 0 Å². The molecular weight excluding hydrogens is 333 g/mol. The highest BCUT2D eigenvalue weighted by molar-refractivity contribution is 7.18. The van der Waals surface area contributed by atoms with Crippen molar-refractivity contribution in [1.29, 1.82) is 5.26 Å². The molecule has 25 heavy (non-hydrogen) atoms. The number of benzene rings is 2. The zero-order valence-corrected chi connectivity index (χ0v) is 14.4. The van der Waals surface area contributed by atoms with Gasteiger partial charge in [0.05, 0.1) is 22.3 Å². The predicted octanol–water partition coefficient (Wildman–Crippen LogP) is 4.42. The van der Waals surface area contributed by atoms with Crippen LogP contribution in [0.1, 0.15) is 23.4 Å². The van der Waals surface area contributed by atoms with Crippen molar-refractivity contribution in [2.45, 2.75) is 30.7 Å².